The number of methoxy groups -OCH3 is 2. The zero-order chi connectivity index (χ0) is 86.0. The van der Waals surface area contributed by atoms with Gasteiger partial charge < -0.3 is 59.7 Å². The molecule has 5 aliphatic heterocycles. The number of hydrogen-bond donors (Lipinski definition) is 3. The van der Waals surface area contributed by atoms with Crippen molar-refractivity contribution in [2.24, 2.45) is 0 Å². The smallest absolute Gasteiger partial charge is 0.121 e. The Morgan fingerprint density at radius 1 is 0.307 bits per heavy atom. The van der Waals surface area contributed by atoms with Gasteiger partial charge in [0, 0.05) is 212 Å². The van der Waals surface area contributed by atoms with Crippen LogP contribution in [-0.2, 0) is 12.8 Å². The van der Waals surface area contributed by atoms with E-state index in [0.717, 1.165) is 278 Å². The number of rotatable bonds is 29. The molecular formula is C107H115Cl2N15O2S. The number of pyridine rings is 3. The van der Waals surface area contributed by atoms with Crippen molar-refractivity contribution in [2.45, 2.75) is 48.3 Å². The highest BCUT2D eigenvalue weighted by Gasteiger charge is 2.27. The summed E-state index contributed by atoms with van der Waals surface area (Å²) in [5.74, 6) is 1.64. The first-order valence-corrected chi connectivity index (χ1v) is 47.2. The Labute approximate surface area is 762 Å². The van der Waals surface area contributed by atoms with Gasteiger partial charge in [-0.25, -0.2) is 15.0 Å². The lowest BCUT2D eigenvalue weighted by atomic mass is 10.0. The number of aryl methyl sites for hydroxylation is 2. The van der Waals surface area contributed by atoms with Crippen LogP contribution in [0.4, 0.5) is 51.2 Å². The maximum atomic E-state index is 6.39. The number of nitrogens with zero attached hydrogens (tertiary/aromatic N) is 12. The Balaban J connectivity index is 0.000000129. The van der Waals surface area contributed by atoms with Crippen molar-refractivity contribution in [1.82, 2.24) is 44.4 Å². The van der Waals surface area contributed by atoms with Gasteiger partial charge in [-0.3, -0.25) is 9.80 Å². The van der Waals surface area contributed by atoms with Gasteiger partial charge in [0.1, 0.15) is 11.5 Å². The van der Waals surface area contributed by atoms with E-state index < -0.39 is 0 Å². The van der Waals surface area contributed by atoms with E-state index in [2.05, 4.69) is 285 Å². The van der Waals surface area contributed by atoms with Gasteiger partial charge in [-0.1, -0.05) is 168 Å². The van der Waals surface area contributed by atoms with Gasteiger partial charge in [0.25, 0.3) is 0 Å². The Morgan fingerprint density at radius 3 is 1.20 bits per heavy atom. The molecule has 3 aromatic heterocycles. The van der Waals surface area contributed by atoms with E-state index in [1.54, 1.807) is 14.2 Å². The molecule has 127 heavy (non-hydrogen) atoms. The summed E-state index contributed by atoms with van der Waals surface area (Å²) in [5, 5.41) is 19.3. The SMILES string of the molecule is COc1ccc2c(NCCCN3CCN(CCCN4c5ccccc5CCc5ccccc54)CC3)c3cc(Cl)ccc3nc2c1.COc1ccc2nc3cc(Cl)ccc3c(NCCN3CCN(CCCN(c4ccccc4)c4ccccc4)CC3)c2c1.c1ccc2c(c1)Sc1ccccc1N2CCCN1CCN(CCNc2c3ccccc3nc3ccccc23)CC1. The highest BCUT2D eigenvalue weighted by atomic mass is 35.5. The fourth-order valence-electron chi connectivity index (χ4n) is 19.0. The van der Waals surface area contributed by atoms with Gasteiger partial charge in [-0.2, -0.15) is 0 Å². The number of nitrogens with one attached hydrogen (secondary N) is 3. The van der Waals surface area contributed by atoms with Crippen LogP contribution in [0.3, 0.4) is 0 Å². The quantitative estimate of drug-likeness (QED) is 0.0304. The fourth-order valence-corrected chi connectivity index (χ4v) is 20.4. The second-order valence-electron chi connectivity index (χ2n) is 33.7. The van der Waals surface area contributed by atoms with Crippen LogP contribution in [0.5, 0.6) is 11.5 Å². The Bertz CT molecular complexity index is 6020. The molecular weight excluding hydrogens is 1630 g/mol. The van der Waals surface area contributed by atoms with Crippen LogP contribution in [0.15, 0.2) is 289 Å². The molecule has 3 saturated heterocycles. The number of fused-ring (bicyclic) bond motifs is 10. The lowest BCUT2D eigenvalue weighted by Gasteiger charge is -2.36. The maximum Gasteiger partial charge on any atom is 0.121 e. The third-order valence-corrected chi connectivity index (χ3v) is 27.3. The molecule has 20 heteroatoms. The number of benzene rings is 12. The molecule has 0 unspecified atom stereocenters. The van der Waals surface area contributed by atoms with Crippen LogP contribution >= 0.6 is 35.0 Å². The Kier molecular flexibility index (Phi) is 28.7. The van der Waals surface area contributed by atoms with Crippen LogP contribution in [0.25, 0.3) is 65.4 Å². The van der Waals surface area contributed by atoms with Gasteiger partial charge in [0.05, 0.1) is 75.8 Å². The third-order valence-electron chi connectivity index (χ3n) is 25.7. The van der Waals surface area contributed by atoms with Crippen molar-refractivity contribution in [2.75, 3.05) is 202 Å². The van der Waals surface area contributed by atoms with Gasteiger partial charge >= 0.3 is 0 Å². The molecule has 0 amide bonds. The van der Waals surface area contributed by atoms with Crippen molar-refractivity contribution >= 4 is 152 Å². The minimum Gasteiger partial charge on any atom is -0.497 e. The predicted molar refractivity (Wildman–Crippen MR) is 535 cm³/mol. The minimum atomic E-state index is 0.694. The molecule has 0 radical (unpaired) electrons. The monoisotopic (exact) mass is 1740 g/mol. The average Bonchev–Trinajstić information content (AvgIpc) is 1.57. The third kappa shape index (κ3) is 21.1. The van der Waals surface area contributed by atoms with Crippen molar-refractivity contribution in [3.8, 4) is 11.5 Å². The summed E-state index contributed by atoms with van der Waals surface area (Å²) in [5.41, 5.74) is 20.1. The molecule has 5 aliphatic rings. The zero-order valence-corrected chi connectivity index (χ0v) is 75.4. The summed E-state index contributed by atoms with van der Waals surface area (Å²) in [4.78, 5) is 40.5. The lowest BCUT2D eigenvalue weighted by molar-refractivity contribution is 0.132. The van der Waals surface area contributed by atoms with Crippen LogP contribution in [-0.4, -0.2) is 216 Å². The van der Waals surface area contributed by atoms with Gasteiger partial charge in [0.15, 0.2) is 0 Å². The van der Waals surface area contributed by atoms with E-state index in [-0.39, 0.29) is 0 Å². The number of halogens is 2. The van der Waals surface area contributed by atoms with Crippen molar-refractivity contribution in [3.05, 3.63) is 300 Å². The summed E-state index contributed by atoms with van der Waals surface area (Å²) in [7, 11) is 3.39. The summed E-state index contributed by atoms with van der Waals surface area (Å²) >= 11 is 14.6. The molecule has 650 valence electrons. The lowest BCUT2D eigenvalue weighted by Crippen LogP contribution is -2.48. The second-order valence-corrected chi connectivity index (χ2v) is 35.7. The molecule has 0 atom stereocenters. The van der Waals surface area contributed by atoms with Crippen molar-refractivity contribution in [3.63, 3.8) is 0 Å². The van der Waals surface area contributed by atoms with Gasteiger partial charge in [-0.15, -0.1) is 0 Å². The molecule has 20 rings (SSSR count). The Morgan fingerprint density at radius 2 is 0.669 bits per heavy atom. The van der Waals surface area contributed by atoms with Gasteiger partial charge in [-0.05, 0) is 215 Å². The van der Waals surface area contributed by atoms with E-state index in [9.17, 15) is 0 Å². The van der Waals surface area contributed by atoms with E-state index in [1.807, 2.05) is 66.4 Å². The molecule has 12 aromatic carbocycles. The molecule has 8 heterocycles. The first-order chi connectivity index (χ1) is 62.7. The fraction of sp³-hybridized carbons (Fsp3) is 0.299. The summed E-state index contributed by atoms with van der Waals surface area (Å²) in [6, 6.07) is 97.8. The number of hydrogen-bond acceptors (Lipinski definition) is 18. The van der Waals surface area contributed by atoms with E-state index in [1.165, 1.54) is 71.5 Å². The molecule has 0 aliphatic carbocycles. The number of ether oxygens (including phenoxy) is 2. The normalized spacial score (nSPS) is 15.2. The highest BCUT2D eigenvalue weighted by molar-refractivity contribution is 7.99. The summed E-state index contributed by atoms with van der Waals surface area (Å²) in [6.07, 6.45) is 6.76. The number of para-hydroxylation sites is 8. The molecule has 0 saturated carbocycles. The predicted octanol–water partition coefficient (Wildman–Crippen LogP) is 22.2. The molecule has 3 N–H and O–H groups in total. The topological polar surface area (TPSA) is 122 Å². The zero-order valence-electron chi connectivity index (χ0n) is 73.1. The van der Waals surface area contributed by atoms with Gasteiger partial charge in [0.2, 0.25) is 0 Å². The maximum absolute atomic E-state index is 6.39. The number of aromatic nitrogens is 3. The highest BCUT2D eigenvalue weighted by Crippen LogP contribution is 2.48. The van der Waals surface area contributed by atoms with Crippen LogP contribution in [0.2, 0.25) is 10.0 Å². The number of anilines is 9. The Hall–Kier alpha value is -11.3. The minimum absolute atomic E-state index is 0.694. The first kappa shape index (κ1) is 86.5. The van der Waals surface area contributed by atoms with Crippen molar-refractivity contribution in [1.29, 1.82) is 0 Å². The largest absolute Gasteiger partial charge is 0.497 e. The molecule has 3 fully saturated rings. The molecule has 17 nitrogen and oxygen atoms in total. The molecule has 15 aromatic rings. The number of piperazine rings is 3. The second kappa shape index (κ2) is 42.1. The van der Waals surface area contributed by atoms with Crippen LogP contribution in [0.1, 0.15) is 36.8 Å². The van der Waals surface area contributed by atoms with Crippen LogP contribution < -0.4 is 40.1 Å². The standard InChI is InChI=1S/C38H42ClN5O.C35H38ClN5O.C34H35N5S/c1-45-31-15-16-32-35(27-31)41-34-17-14-30(39)26-33(34)38(32)40-18-6-19-42-22-24-43(25-23-42)20-7-21-44-36-10-4-2-8-28(36)12-13-29-9-3-5-11-37(29)44;1-42-30-14-16-33-32(26-30)35(31-15-13-27(36)25-34(31)38-33)37-17-20-40-23-21-39(22-24-40)18-8-19-41(28-9-4-2-5-10-28)29-11-6-3-7-12-29;1-3-12-28-26(10-1)34(27-11-2-4-13-29(27)36-28)35-18-21-38-24-22-37(23-25-38)19-9-20-39-30-14-5-7-16-32(30)40-33-17-8-6-15-31(33)39/h2-5,8-11,14-17,26-27H,6-7,12-13,18-25H2,1H3,(H,40,41);2-7,9-16,25-26H,8,17-24H2,1H3,(H,37,38);1-8,10-17H,9,18-25H2,(H,35,36). The average molecular weight is 1750 g/mol. The molecule has 0 spiro atoms. The molecule has 0 bridgehead atoms. The van der Waals surface area contributed by atoms with Crippen LogP contribution in [0, 0.1) is 0 Å². The summed E-state index contributed by atoms with van der Waals surface area (Å²) < 4.78 is 11.0. The van der Waals surface area contributed by atoms with E-state index in [4.69, 9.17) is 47.6 Å². The van der Waals surface area contributed by atoms with Crippen molar-refractivity contribution < 1.29 is 9.47 Å². The first-order valence-electron chi connectivity index (χ1n) is 45.6. The van der Waals surface area contributed by atoms with E-state index >= 15 is 0 Å². The summed E-state index contributed by atoms with van der Waals surface area (Å²) in [6.45, 7) is 25.8. The van der Waals surface area contributed by atoms with E-state index in [0.29, 0.717) is 5.02 Å².